The lowest BCUT2D eigenvalue weighted by Gasteiger charge is -2.47. The van der Waals surface area contributed by atoms with Crippen molar-refractivity contribution >= 4 is 98.9 Å². The Kier molecular flexibility index (Phi) is 10.1. The van der Waals surface area contributed by atoms with Gasteiger partial charge in [-0.1, -0.05) is 69.6 Å². The molecular formula is C20H19Cl6F4N5O4. The van der Waals surface area contributed by atoms with Gasteiger partial charge in [-0.2, -0.15) is 13.2 Å². The highest BCUT2D eigenvalue weighted by atomic mass is 35.6. The number of alkyl halides is 10. The molecule has 1 aromatic rings. The third kappa shape index (κ3) is 7.69. The van der Waals surface area contributed by atoms with E-state index in [1.807, 2.05) is 0 Å². The van der Waals surface area contributed by atoms with Crippen LogP contribution >= 0.6 is 69.6 Å². The van der Waals surface area contributed by atoms with Gasteiger partial charge < -0.3 is 20.3 Å². The topological polar surface area (TPSA) is 94.2 Å². The summed E-state index contributed by atoms with van der Waals surface area (Å²) in [6, 6.07) is 6.25. The molecule has 0 aromatic heterocycles. The van der Waals surface area contributed by atoms with E-state index in [0.29, 0.717) is 11.4 Å². The summed E-state index contributed by atoms with van der Waals surface area (Å²) in [5, 5.41) is 1.70. The predicted octanol–water partition coefficient (Wildman–Crippen LogP) is 4.29. The Hall–Kier alpha value is -1.35. The Morgan fingerprint density at radius 2 is 1.59 bits per heavy atom. The van der Waals surface area contributed by atoms with Gasteiger partial charge >= 0.3 is 18.2 Å². The molecule has 2 aliphatic heterocycles. The average Bonchev–Trinajstić information content (AvgIpc) is 3.21. The number of carbonyl (C=O) groups excluding carboxylic acids is 3. The minimum atomic E-state index is -5.05. The number of nitrogens with one attached hydrogen (secondary N) is 2. The van der Waals surface area contributed by atoms with Gasteiger partial charge in [0, 0.05) is 24.5 Å². The van der Waals surface area contributed by atoms with Crippen LogP contribution in [0.3, 0.4) is 0 Å². The van der Waals surface area contributed by atoms with Crippen LogP contribution in [0.25, 0.3) is 0 Å². The number of halogens is 10. The first kappa shape index (κ1) is 32.2. The summed E-state index contributed by atoms with van der Waals surface area (Å²) in [5.74, 6) is -3.30. The molecule has 3 unspecified atom stereocenters. The van der Waals surface area contributed by atoms with Crippen LogP contribution in [0, 0.1) is 0 Å². The van der Waals surface area contributed by atoms with E-state index in [4.69, 9.17) is 74.3 Å². The van der Waals surface area contributed by atoms with Crippen LogP contribution in [-0.2, 0) is 14.3 Å². The number of hydrogen-bond donors (Lipinski definition) is 2. The zero-order valence-electron chi connectivity index (χ0n) is 19.3. The van der Waals surface area contributed by atoms with Crippen molar-refractivity contribution in [3.8, 4) is 0 Å². The molecule has 3 atom stereocenters. The third-order valence-corrected chi connectivity index (χ3v) is 7.62. The molecule has 19 heteroatoms. The van der Waals surface area contributed by atoms with E-state index in [1.54, 1.807) is 22.3 Å². The fourth-order valence-corrected chi connectivity index (χ4v) is 4.59. The molecule has 0 radical (unpaired) electrons. The quantitative estimate of drug-likeness (QED) is 0.254. The number of piperazine rings is 1. The van der Waals surface area contributed by atoms with Crippen molar-refractivity contribution in [1.29, 1.82) is 0 Å². The first-order valence-corrected chi connectivity index (χ1v) is 13.3. The lowest BCUT2D eigenvalue weighted by atomic mass is 10.2. The van der Waals surface area contributed by atoms with Gasteiger partial charge in [-0.3, -0.25) is 14.5 Å². The van der Waals surface area contributed by atoms with Gasteiger partial charge in [0.05, 0.1) is 19.6 Å². The molecule has 2 aliphatic rings. The highest BCUT2D eigenvalue weighted by Crippen LogP contribution is 2.36. The van der Waals surface area contributed by atoms with Crippen molar-refractivity contribution in [2.75, 3.05) is 42.5 Å². The first-order chi connectivity index (χ1) is 17.9. The van der Waals surface area contributed by atoms with Crippen molar-refractivity contribution in [2.45, 2.75) is 32.3 Å². The van der Waals surface area contributed by atoms with E-state index in [-0.39, 0.29) is 26.2 Å². The second kappa shape index (κ2) is 12.3. The Bertz CT molecular complexity index is 1080. The van der Waals surface area contributed by atoms with Gasteiger partial charge in [0.15, 0.2) is 11.1 Å². The van der Waals surface area contributed by atoms with E-state index in [2.05, 4.69) is 5.32 Å². The number of carbonyl (C=O) groups is 3. The van der Waals surface area contributed by atoms with Crippen LogP contribution < -0.4 is 20.4 Å². The fraction of sp³-hybridized carbons (Fsp3) is 0.550. The summed E-state index contributed by atoms with van der Waals surface area (Å²) in [6.45, 7) is -0.712. The fourth-order valence-electron chi connectivity index (χ4n) is 3.81. The van der Waals surface area contributed by atoms with Crippen LogP contribution in [0.2, 0.25) is 0 Å². The number of cyclic esters (lactones) is 1. The normalized spacial score (nSPS) is 22.5. The molecule has 39 heavy (non-hydrogen) atoms. The number of nitrogens with zero attached hydrogens (tertiary/aromatic N) is 3. The Balaban J connectivity index is 1.62. The third-order valence-electron chi connectivity index (χ3n) is 5.72. The Morgan fingerprint density at radius 3 is 2.10 bits per heavy atom. The van der Waals surface area contributed by atoms with Gasteiger partial charge in [-0.05, 0) is 24.3 Å². The number of ether oxygens (including phenoxy) is 1. The monoisotopic (exact) mass is 679 g/mol. The van der Waals surface area contributed by atoms with Crippen LogP contribution in [-0.4, -0.2) is 87.9 Å². The SMILES string of the molecule is O=C1OC(CNC(=O)C(F)(F)F)CN1c1ccc(N2CCN(C(Cl)(NC(=O)C(Cl)(Cl)Cl)C(Cl)Cl)C(F)C2)cc1. The zero-order chi connectivity index (χ0) is 29.3. The molecule has 2 heterocycles. The van der Waals surface area contributed by atoms with Crippen molar-refractivity contribution in [3.63, 3.8) is 0 Å². The minimum Gasteiger partial charge on any atom is -0.442 e. The van der Waals surface area contributed by atoms with Gasteiger partial charge in [0.25, 0.3) is 9.70 Å². The highest BCUT2D eigenvalue weighted by molar-refractivity contribution is 6.76. The molecule has 2 saturated heterocycles. The summed E-state index contributed by atoms with van der Waals surface area (Å²) < 4.78 is 54.9. The number of amides is 3. The number of anilines is 2. The largest absolute Gasteiger partial charge is 0.471 e. The summed E-state index contributed by atoms with van der Waals surface area (Å²) in [4.78, 5) is 37.6. The van der Waals surface area contributed by atoms with Gasteiger partial charge in [0.1, 0.15) is 6.10 Å². The lowest BCUT2D eigenvalue weighted by molar-refractivity contribution is -0.173. The van der Waals surface area contributed by atoms with E-state index in [1.165, 1.54) is 17.0 Å². The van der Waals surface area contributed by atoms with Crippen LogP contribution in [0.5, 0.6) is 0 Å². The number of rotatable bonds is 7. The molecule has 218 valence electrons. The van der Waals surface area contributed by atoms with E-state index >= 15 is 4.39 Å². The van der Waals surface area contributed by atoms with E-state index in [9.17, 15) is 27.6 Å². The number of hydrogen-bond acceptors (Lipinski definition) is 6. The summed E-state index contributed by atoms with van der Waals surface area (Å²) in [7, 11) is 0. The van der Waals surface area contributed by atoms with Crippen molar-refractivity contribution < 1.29 is 36.7 Å². The maximum absolute atomic E-state index is 15.3. The molecule has 0 bridgehead atoms. The predicted molar refractivity (Wildman–Crippen MR) is 139 cm³/mol. The van der Waals surface area contributed by atoms with Crippen LogP contribution in [0.4, 0.5) is 33.7 Å². The maximum Gasteiger partial charge on any atom is 0.471 e. The van der Waals surface area contributed by atoms with E-state index < -0.39 is 56.8 Å². The molecule has 3 rings (SSSR count). The highest BCUT2D eigenvalue weighted by Gasteiger charge is 2.50. The Morgan fingerprint density at radius 1 is 1.00 bits per heavy atom. The van der Waals surface area contributed by atoms with Crippen molar-refractivity contribution in [1.82, 2.24) is 15.5 Å². The zero-order valence-corrected chi connectivity index (χ0v) is 23.9. The van der Waals surface area contributed by atoms with Crippen LogP contribution in [0.15, 0.2) is 24.3 Å². The lowest BCUT2D eigenvalue weighted by Crippen LogP contribution is -2.68. The molecule has 0 spiro atoms. The van der Waals surface area contributed by atoms with Crippen molar-refractivity contribution in [2.24, 2.45) is 0 Å². The average molecular weight is 682 g/mol. The maximum atomic E-state index is 15.3. The molecule has 2 N–H and O–H groups in total. The standard InChI is InChI=1S/C20H19Cl6F4N5O4/c21-14(22)19(26,32-15(36)18(23,24)25)35-6-5-33(9-13(35)27)10-1-3-11(4-2-10)34-8-12(39-17(34)38)7-31-16(37)20(28,29)30/h1-4,12-14H,5-9H2,(H,31,37)(H,32,36). The summed E-state index contributed by atoms with van der Waals surface area (Å²) in [6.07, 6.45) is -8.64. The van der Waals surface area contributed by atoms with E-state index in [0.717, 1.165) is 4.90 Å². The smallest absolute Gasteiger partial charge is 0.442 e. The summed E-state index contributed by atoms with van der Waals surface area (Å²) >= 11 is 34.9. The molecule has 3 amide bonds. The second-order valence-electron chi connectivity index (χ2n) is 8.34. The van der Waals surface area contributed by atoms with Crippen molar-refractivity contribution in [3.05, 3.63) is 24.3 Å². The number of benzene rings is 1. The molecular weight excluding hydrogens is 663 g/mol. The molecule has 9 nitrogen and oxygen atoms in total. The minimum absolute atomic E-state index is 0.0632. The first-order valence-electron chi connectivity index (χ1n) is 10.9. The second-order valence-corrected chi connectivity index (χ2v) is 12.3. The van der Waals surface area contributed by atoms with Crippen LogP contribution in [0.1, 0.15) is 0 Å². The van der Waals surface area contributed by atoms with Gasteiger partial charge in [-0.15, -0.1) is 0 Å². The van der Waals surface area contributed by atoms with Gasteiger partial charge in [0.2, 0.25) is 5.12 Å². The summed E-state index contributed by atoms with van der Waals surface area (Å²) in [5.41, 5.74) is 0.923. The molecule has 2 fully saturated rings. The Labute approximate surface area is 249 Å². The molecule has 0 aliphatic carbocycles. The molecule has 0 saturated carbocycles. The van der Waals surface area contributed by atoms with Gasteiger partial charge in [-0.25, -0.2) is 14.1 Å². The molecule has 1 aromatic carbocycles.